The average Bonchev–Trinajstić information content (AvgIpc) is 3.09. The maximum atomic E-state index is 12.7. The fourth-order valence-electron chi connectivity index (χ4n) is 3.04. The zero-order valence-electron chi connectivity index (χ0n) is 15.6. The fraction of sp³-hybridized carbons (Fsp3) is 0.190. The maximum Gasteiger partial charge on any atom is 0.328 e. The topological polar surface area (TPSA) is 100 Å². The van der Waals surface area contributed by atoms with Crippen molar-refractivity contribution in [3.63, 3.8) is 0 Å². The van der Waals surface area contributed by atoms with E-state index in [0.29, 0.717) is 11.3 Å². The number of rotatable bonds is 6. The Kier molecular flexibility index (Phi) is 5.74. The quantitative estimate of drug-likeness (QED) is 0.573. The van der Waals surface area contributed by atoms with E-state index in [1.165, 1.54) is 14.0 Å². The van der Waals surface area contributed by atoms with Gasteiger partial charge in [0.25, 0.3) is 5.91 Å². The highest BCUT2D eigenvalue weighted by Crippen LogP contribution is 2.20. The number of fused-ring (bicyclic) bond motifs is 1. The van der Waals surface area contributed by atoms with Gasteiger partial charge in [0.05, 0.1) is 7.11 Å². The molecular weight excluding hydrogens is 358 g/mol. The van der Waals surface area contributed by atoms with Gasteiger partial charge in [-0.25, -0.2) is 4.79 Å². The van der Waals surface area contributed by atoms with E-state index in [4.69, 9.17) is 4.74 Å². The van der Waals surface area contributed by atoms with Crippen LogP contribution in [0, 0.1) is 0 Å². The molecule has 0 bridgehead atoms. The van der Waals surface area contributed by atoms with E-state index in [9.17, 15) is 14.4 Å². The maximum absolute atomic E-state index is 12.7. The van der Waals surface area contributed by atoms with E-state index < -0.39 is 17.9 Å². The minimum atomic E-state index is -0.846. The minimum absolute atomic E-state index is 0.232. The molecule has 0 saturated heterocycles. The third-order valence-electron chi connectivity index (χ3n) is 4.34. The molecule has 0 aliphatic rings. The van der Waals surface area contributed by atoms with Gasteiger partial charge in [-0.2, -0.15) is 0 Å². The van der Waals surface area contributed by atoms with Gasteiger partial charge in [0.1, 0.15) is 6.04 Å². The first kappa shape index (κ1) is 19.2. The Morgan fingerprint density at radius 3 is 2.64 bits per heavy atom. The van der Waals surface area contributed by atoms with Gasteiger partial charge < -0.3 is 20.4 Å². The predicted octanol–water partition coefficient (Wildman–Crippen LogP) is 2.64. The lowest BCUT2D eigenvalue weighted by molar-refractivity contribution is -0.142. The summed E-state index contributed by atoms with van der Waals surface area (Å²) < 4.78 is 4.87. The van der Waals surface area contributed by atoms with Crippen LogP contribution in [0.15, 0.2) is 54.7 Å². The summed E-state index contributed by atoms with van der Waals surface area (Å²) in [7, 11) is 1.29. The standard InChI is InChI=1S/C21H21N3O4/c1-13(25)23-16-7-5-6-14(10-16)20(26)24-19(21(27)28-2)11-15-12-22-18-9-4-3-8-17(15)18/h3-10,12,19,22H,11H2,1-2H3,(H,23,25)(H,24,26). The first-order valence-corrected chi connectivity index (χ1v) is 8.79. The molecule has 1 atom stereocenters. The Labute approximate surface area is 162 Å². The van der Waals surface area contributed by atoms with E-state index >= 15 is 0 Å². The number of aromatic amines is 1. The molecule has 3 aromatic rings. The third-order valence-corrected chi connectivity index (χ3v) is 4.34. The van der Waals surface area contributed by atoms with Crippen LogP contribution in [0.4, 0.5) is 5.69 Å². The van der Waals surface area contributed by atoms with Crippen LogP contribution in [0.25, 0.3) is 10.9 Å². The van der Waals surface area contributed by atoms with E-state index in [1.807, 2.05) is 30.5 Å². The van der Waals surface area contributed by atoms with Crippen LogP contribution in [0.1, 0.15) is 22.8 Å². The minimum Gasteiger partial charge on any atom is -0.467 e. The molecule has 3 N–H and O–H groups in total. The molecule has 0 aliphatic carbocycles. The second-order valence-electron chi connectivity index (χ2n) is 6.37. The normalized spacial score (nSPS) is 11.6. The van der Waals surface area contributed by atoms with Crippen LogP contribution in [-0.4, -0.2) is 35.9 Å². The van der Waals surface area contributed by atoms with Gasteiger partial charge in [-0.3, -0.25) is 9.59 Å². The van der Waals surface area contributed by atoms with Crippen LogP contribution < -0.4 is 10.6 Å². The molecule has 2 amide bonds. The van der Waals surface area contributed by atoms with Crippen molar-refractivity contribution in [2.75, 3.05) is 12.4 Å². The summed E-state index contributed by atoms with van der Waals surface area (Å²) in [4.78, 5) is 39.3. The average molecular weight is 379 g/mol. The molecule has 28 heavy (non-hydrogen) atoms. The van der Waals surface area contributed by atoms with Crippen LogP contribution in [0.5, 0.6) is 0 Å². The molecule has 3 rings (SSSR count). The number of hydrogen-bond donors (Lipinski definition) is 3. The number of aromatic nitrogens is 1. The number of carbonyl (C=O) groups excluding carboxylic acids is 3. The van der Waals surface area contributed by atoms with Gasteiger partial charge in [0, 0.05) is 41.7 Å². The number of hydrogen-bond acceptors (Lipinski definition) is 4. The number of ether oxygens (including phenoxy) is 1. The molecule has 1 heterocycles. The summed E-state index contributed by atoms with van der Waals surface area (Å²) in [5.41, 5.74) is 2.69. The largest absolute Gasteiger partial charge is 0.467 e. The molecule has 0 fully saturated rings. The number of esters is 1. The van der Waals surface area contributed by atoms with Gasteiger partial charge >= 0.3 is 5.97 Å². The van der Waals surface area contributed by atoms with Gasteiger partial charge in [0.2, 0.25) is 5.91 Å². The summed E-state index contributed by atoms with van der Waals surface area (Å²) in [6, 6.07) is 13.4. The van der Waals surface area contributed by atoms with Gasteiger partial charge in [0.15, 0.2) is 0 Å². The Bertz CT molecular complexity index is 1030. The second-order valence-corrected chi connectivity index (χ2v) is 6.37. The molecule has 144 valence electrons. The zero-order valence-corrected chi connectivity index (χ0v) is 15.6. The lowest BCUT2D eigenvalue weighted by Crippen LogP contribution is -2.43. The highest BCUT2D eigenvalue weighted by atomic mass is 16.5. The second kappa shape index (κ2) is 8.39. The summed E-state index contributed by atoms with van der Waals surface area (Å²) in [6.45, 7) is 1.39. The van der Waals surface area contributed by atoms with Crippen molar-refractivity contribution in [3.8, 4) is 0 Å². The van der Waals surface area contributed by atoms with Crippen molar-refractivity contribution in [1.29, 1.82) is 0 Å². The number of amides is 2. The highest BCUT2D eigenvalue weighted by Gasteiger charge is 2.24. The molecule has 1 unspecified atom stereocenters. The van der Waals surface area contributed by atoms with Crippen LogP contribution in [0.3, 0.4) is 0 Å². The molecule has 7 nitrogen and oxygen atoms in total. The Balaban J connectivity index is 1.80. The Morgan fingerprint density at radius 1 is 1.11 bits per heavy atom. The number of para-hydroxylation sites is 1. The van der Waals surface area contributed by atoms with Crippen LogP contribution in [-0.2, 0) is 20.7 Å². The van der Waals surface area contributed by atoms with Crippen molar-refractivity contribution in [3.05, 3.63) is 65.9 Å². The molecule has 7 heteroatoms. The van der Waals surface area contributed by atoms with Crippen molar-refractivity contribution in [2.24, 2.45) is 0 Å². The first-order chi connectivity index (χ1) is 13.5. The predicted molar refractivity (Wildman–Crippen MR) is 106 cm³/mol. The van der Waals surface area contributed by atoms with Crippen molar-refractivity contribution in [2.45, 2.75) is 19.4 Å². The fourth-order valence-corrected chi connectivity index (χ4v) is 3.04. The summed E-state index contributed by atoms with van der Waals surface area (Å²) >= 11 is 0. The highest BCUT2D eigenvalue weighted by molar-refractivity contribution is 5.99. The Hall–Kier alpha value is -3.61. The molecule has 0 saturated carbocycles. The summed E-state index contributed by atoms with van der Waals surface area (Å²) in [5.74, 6) is -1.19. The SMILES string of the molecule is COC(=O)C(Cc1c[nH]c2ccccc12)NC(=O)c1cccc(NC(C)=O)c1. The molecule has 1 aromatic heterocycles. The van der Waals surface area contributed by atoms with Gasteiger partial charge in [-0.1, -0.05) is 24.3 Å². The summed E-state index contributed by atoms with van der Waals surface area (Å²) in [6.07, 6.45) is 2.11. The van der Waals surface area contributed by atoms with Crippen molar-refractivity contribution < 1.29 is 19.1 Å². The van der Waals surface area contributed by atoms with Crippen molar-refractivity contribution >= 4 is 34.4 Å². The smallest absolute Gasteiger partial charge is 0.328 e. The first-order valence-electron chi connectivity index (χ1n) is 8.79. The zero-order chi connectivity index (χ0) is 20.1. The van der Waals surface area contributed by atoms with E-state index in [-0.39, 0.29) is 12.3 Å². The third kappa shape index (κ3) is 4.37. The van der Waals surface area contributed by atoms with Crippen LogP contribution >= 0.6 is 0 Å². The Morgan fingerprint density at radius 2 is 1.89 bits per heavy atom. The van der Waals surface area contributed by atoms with Gasteiger partial charge in [-0.15, -0.1) is 0 Å². The lowest BCUT2D eigenvalue weighted by atomic mass is 10.0. The monoisotopic (exact) mass is 379 g/mol. The molecule has 0 radical (unpaired) electrons. The van der Waals surface area contributed by atoms with E-state index in [0.717, 1.165) is 16.5 Å². The molecule has 0 spiro atoms. The molecule has 2 aromatic carbocycles. The number of methoxy groups -OCH3 is 1. The van der Waals surface area contributed by atoms with E-state index in [2.05, 4.69) is 15.6 Å². The van der Waals surface area contributed by atoms with E-state index in [1.54, 1.807) is 24.3 Å². The van der Waals surface area contributed by atoms with Gasteiger partial charge in [-0.05, 0) is 29.8 Å². The lowest BCUT2D eigenvalue weighted by Gasteiger charge is -2.16. The van der Waals surface area contributed by atoms with Crippen molar-refractivity contribution in [1.82, 2.24) is 10.3 Å². The molecular formula is C21H21N3O4. The number of nitrogens with one attached hydrogen (secondary N) is 3. The van der Waals surface area contributed by atoms with Crippen LogP contribution in [0.2, 0.25) is 0 Å². The number of H-pyrrole nitrogens is 1. The number of carbonyl (C=O) groups is 3. The number of anilines is 1. The molecule has 0 aliphatic heterocycles. The summed E-state index contributed by atoms with van der Waals surface area (Å²) in [5, 5.41) is 6.34. The number of benzene rings is 2.